The first-order valence-electron chi connectivity index (χ1n) is 9.38. The van der Waals surface area contributed by atoms with E-state index in [9.17, 15) is 14.9 Å². The van der Waals surface area contributed by atoms with Gasteiger partial charge >= 0.3 is 11.9 Å². The number of methoxy groups -OCH3 is 3. The number of carbonyl (C=O) groups excluding carboxylic acids is 2. The van der Waals surface area contributed by atoms with Gasteiger partial charge in [0.05, 0.1) is 55.2 Å². The van der Waals surface area contributed by atoms with Crippen LogP contribution in [0.2, 0.25) is 5.02 Å². The number of carbonyl (C=O) groups is 2. The van der Waals surface area contributed by atoms with E-state index in [1.807, 2.05) is 0 Å². The summed E-state index contributed by atoms with van der Waals surface area (Å²) in [4.78, 5) is 27.2. The number of nitrogens with zero attached hydrogens (tertiary/aromatic N) is 2. The van der Waals surface area contributed by atoms with Crippen molar-refractivity contribution in [2.45, 2.75) is 5.92 Å². The summed E-state index contributed by atoms with van der Waals surface area (Å²) in [5, 5.41) is 10.2. The van der Waals surface area contributed by atoms with E-state index in [1.54, 1.807) is 42.5 Å². The van der Waals surface area contributed by atoms with Crippen molar-refractivity contribution in [2.24, 2.45) is 5.73 Å². The predicted octanol–water partition coefficient (Wildman–Crippen LogP) is 3.25. The first-order valence-corrected chi connectivity index (χ1v) is 9.76. The fourth-order valence-electron chi connectivity index (χ4n) is 3.56. The molecule has 8 nitrogen and oxygen atoms in total. The minimum atomic E-state index is -0.948. The smallest absolute Gasteiger partial charge is 0.355 e. The number of rotatable bonds is 5. The molecule has 0 amide bonds. The average Bonchev–Trinajstić information content (AvgIpc) is 2.82. The summed E-state index contributed by atoms with van der Waals surface area (Å²) in [5.41, 5.74) is 7.01. The molecule has 0 saturated heterocycles. The Hall–Kier alpha value is -3.96. The van der Waals surface area contributed by atoms with Gasteiger partial charge in [0.2, 0.25) is 0 Å². The minimum Gasteiger partial charge on any atom is -0.497 e. The molecule has 9 heteroatoms. The van der Waals surface area contributed by atoms with Crippen molar-refractivity contribution in [2.75, 3.05) is 26.2 Å². The zero-order valence-corrected chi connectivity index (χ0v) is 18.3. The van der Waals surface area contributed by atoms with E-state index < -0.39 is 17.9 Å². The zero-order chi connectivity index (χ0) is 23.4. The van der Waals surface area contributed by atoms with Crippen molar-refractivity contribution in [1.82, 2.24) is 0 Å². The molecule has 0 fully saturated rings. The molecule has 164 valence electrons. The molecular weight excluding hydrogens is 434 g/mol. The highest BCUT2D eigenvalue weighted by Gasteiger charge is 2.43. The van der Waals surface area contributed by atoms with E-state index >= 15 is 0 Å². The maximum Gasteiger partial charge on any atom is 0.355 e. The molecule has 0 bridgehead atoms. The number of nitrogens with two attached hydrogens (primary N) is 1. The van der Waals surface area contributed by atoms with Crippen molar-refractivity contribution in [1.29, 1.82) is 5.26 Å². The molecule has 0 spiro atoms. The van der Waals surface area contributed by atoms with Gasteiger partial charge in [0.15, 0.2) is 0 Å². The Morgan fingerprint density at radius 3 is 2.25 bits per heavy atom. The molecule has 0 aromatic heterocycles. The molecule has 1 aliphatic heterocycles. The normalized spacial score (nSPS) is 15.8. The highest BCUT2D eigenvalue weighted by Crippen LogP contribution is 2.45. The Morgan fingerprint density at radius 1 is 1.06 bits per heavy atom. The number of nitriles is 1. The predicted molar refractivity (Wildman–Crippen MR) is 118 cm³/mol. The molecule has 0 saturated carbocycles. The van der Waals surface area contributed by atoms with Crippen molar-refractivity contribution in [3.63, 3.8) is 0 Å². The van der Waals surface area contributed by atoms with Crippen LogP contribution in [0.3, 0.4) is 0 Å². The third-order valence-electron chi connectivity index (χ3n) is 5.01. The third-order valence-corrected chi connectivity index (χ3v) is 5.31. The lowest BCUT2D eigenvalue weighted by Crippen LogP contribution is -2.40. The molecule has 1 heterocycles. The zero-order valence-electron chi connectivity index (χ0n) is 17.6. The Bertz CT molecular complexity index is 1170. The molecule has 1 aliphatic rings. The summed E-state index contributed by atoms with van der Waals surface area (Å²) >= 11 is 6.45. The van der Waals surface area contributed by atoms with Crippen LogP contribution in [-0.4, -0.2) is 33.3 Å². The van der Waals surface area contributed by atoms with Gasteiger partial charge in [0, 0.05) is 6.07 Å². The second-order valence-corrected chi connectivity index (χ2v) is 7.06. The highest BCUT2D eigenvalue weighted by molar-refractivity contribution is 6.33. The summed E-state index contributed by atoms with van der Waals surface area (Å²) < 4.78 is 15.1. The van der Waals surface area contributed by atoms with E-state index in [-0.39, 0.29) is 33.4 Å². The number of anilines is 1. The van der Waals surface area contributed by atoms with Crippen molar-refractivity contribution in [3.8, 4) is 11.8 Å². The third kappa shape index (κ3) is 3.86. The molecule has 1 atom stereocenters. The Balaban J connectivity index is 2.41. The van der Waals surface area contributed by atoms with Crippen LogP contribution in [0.4, 0.5) is 5.69 Å². The number of ether oxygens (including phenoxy) is 3. The van der Waals surface area contributed by atoms with E-state index in [4.69, 9.17) is 31.5 Å². The second kappa shape index (κ2) is 9.45. The van der Waals surface area contributed by atoms with Crippen LogP contribution < -0.4 is 15.4 Å². The summed E-state index contributed by atoms with van der Waals surface area (Å²) in [6, 6.07) is 15.5. The maximum atomic E-state index is 13.0. The van der Waals surface area contributed by atoms with Crippen molar-refractivity contribution >= 4 is 29.2 Å². The topological polar surface area (TPSA) is 115 Å². The largest absolute Gasteiger partial charge is 0.497 e. The Kier molecular flexibility index (Phi) is 6.71. The lowest BCUT2D eigenvalue weighted by Gasteiger charge is -2.36. The maximum absolute atomic E-state index is 13.0. The molecule has 1 unspecified atom stereocenters. The van der Waals surface area contributed by atoms with Gasteiger partial charge in [-0.2, -0.15) is 5.26 Å². The highest BCUT2D eigenvalue weighted by atomic mass is 35.5. The number of hydrogen-bond acceptors (Lipinski definition) is 8. The average molecular weight is 454 g/mol. The van der Waals surface area contributed by atoms with Gasteiger partial charge < -0.3 is 19.9 Å². The quantitative estimate of drug-likeness (QED) is 0.686. The van der Waals surface area contributed by atoms with Gasteiger partial charge in [-0.15, -0.1) is 0 Å². The number of benzene rings is 2. The summed E-state index contributed by atoms with van der Waals surface area (Å²) in [6.45, 7) is 0. The number of halogens is 1. The minimum absolute atomic E-state index is 0.0520. The van der Waals surface area contributed by atoms with E-state index in [0.29, 0.717) is 11.3 Å². The monoisotopic (exact) mass is 453 g/mol. The van der Waals surface area contributed by atoms with Crippen LogP contribution in [0.5, 0.6) is 5.75 Å². The van der Waals surface area contributed by atoms with Gasteiger partial charge in [0.25, 0.3) is 0 Å². The molecule has 0 aliphatic carbocycles. The Labute approximate surface area is 190 Å². The number of esters is 2. The van der Waals surface area contributed by atoms with E-state index in [1.165, 1.54) is 32.3 Å². The molecular formula is C23H20ClN3O5. The van der Waals surface area contributed by atoms with Crippen LogP contribution in [0, 0.1) is 11.3 Å². The Morgan fingerprint density at radius 2 is 1.72 bits per heavy atom. The fraction of sp³-hybridized carbons (Fsp3) is 0.174. The fourth-order valence-corrected chi connectivity index (χ4v) is 3.81. The molecule has 2 aromatic rings. The van der Waals surface area contributed by atoms with Crippen molar-refractivity contribution < 1.29 is 23.8 Å². The number of hydrogen-bond donors (Lipinski definition) is 1. The van der Waals surface area contributed by atoms with Gasteiger partial charge in [-0.1, -0.05) is 41.9 Å². The van der Waals surface area contributed by atoms with E-state index in [2.05, 4.69) is 6.07 Å². The van der Waals surface area contributed by atoms with Crippen LogP contribution in [0.1, 0.15) is 11.5 Å². The number of allylic oxidation sites excluding steroid dienone is 1. The van der Waals surface area contributed by atoms with Crippen LogP contribution >= 0.6 is 11.6 Å². The second-order valence-electron chi connectivity index (χ2n) is 6.65. The van der Waals surface area contributed by atoms with Gasteiger partial charge in [-0.3, -0.25) is 4.90 Å². The van der Waals surface area contributed by atoms with Gasteiger partial charge in [0.1, 0.15) is 17.3 Å². The standard InChI is InChI=1S/C23H20ClN3O5/c1-30-14-9-10-17(16(24)11-14)27-20(23(29)32-3)19(22(28)31-2)18(15(12-25)21(27)26)13-7-5-4-6-8-13/h4-11,18H,26H2,1-3H3. The van der Waals surface area contributed by atoms with E-state index in [0.717, 1.165) is 0 Å². The first-order chi connectivity index (χ1) is 15.4. The lowest BCUT2D eigenvalue weighted by atomic mass is 9.81. The lowest BCUT2D eigenvalue weighted by molar-refractivity contribution is -0.139. The van der Waals surface area contributed by atoms with Crippen LogP contribution in [0.15, 0.2) is 71.2 Å². The molecule has 32 heavy (non-hydrogen) atoms. The summed E-state index contributed by atoms with van der Waals surface area (Å²) in [5.74, 6) is -2.21. The SMILES string of the molecule is COC(=O)C1=C(C(=O)OC)N(c2ccc(OC)cc2Cl)C(N)=C(C#N)C1c1ccccc1. The first kappa shape index (κ1) is 22.7. The molecule has 2 aromatic carbocycles. The molecule has 0 radical (unpaired) electrons. The summed E-state index contributed by atoms with van der Waals surface area (Å²) in [6.07, 6.45) is 0. The van der Waals surface area contributed by atoms with Crippen LogP contribution in [0.25, 0.3) is 0 Å². The molecule has 3 rings (SSSR count). The van der Waals surface area contributed by atoms with Gasteiger partial charge in [-0.25, -0.2) is 9.59 Å². The molecule has 2 N–H and O–H groups in total. The van der Waals surface area contributed by atoms with Crippen LogP contribution in [-0.2, 0) is 19.1 Å². The summed E-state index contributed by atoms with van der Waals surface area (Å²) in [7, 11) is 3.84. The van der Waals surface area contributed by atoms with Crippen molar-refractivity contribution in [3.05, 3.63) is 81.8 Å². The van der Waals surface area contributed by atoms with Gasteiger partial charge in [-0.05, 0) is 17.7 Å².